The minimum atomic E-state index is -0.727. The Morgan fingerprint density at radius 2 is 1.79 bits per heavy atom. The van der Waals surface area contributed by atoms with Crippen LogP contribution in [0.5, 0.6) is 11.5 Å². The van der Waals surface area contributed by atoms with E-state index in [-0.39, 0.29) is 18.1 Å². The molecule has 1 aliphatic rings. The van der Waals surface area contributed by atoms with E-state index in [4.69, 9.17) is 19.7 Å². The van der Waals surface area contributed by atoms with Crippen LogP contribution in [0.15, 0.2) is 112 Å². The minimum absolute atomic E-state index is 0.128. The van der Waals surface area contributed by atoms with Crippen molar-refractivity contribution in [2.45, 2.75) is 13.0 Å². The number of allylic oxidation sites excluding steroid dienone is 1. The van der Waals surface area contributed by atoms with Crippen LogP contribution in [0.1, 0.15) is 24.1 Å². The molecule has 1 amide bonds. The highest BCUT2D eigenvalue weighted by Crippen LogP contribution is 2.32. The summed E-state index contributed by atoms with van der Waals surface area (Å²) in [6.45, 7) is 1.66. The average Bonchev–Trinajstić information content (AvgIpc) is 3.34. The highest BCUT2D eigenvalue weighted by Gasteiger charge is 2.32. The molecule has 0 bridgehead atoms. The zero-order valence-electron chi connectivity index (χ0n) is 23.4. The molecule has 0 spiro atoms. The number of hydrogen-bond donors (Lipinski definition) is 1. The lowest BCUT2D eigenvalue weighted by molar-refractivity contribution is -0.113. The minimum Gasteiger partial charge on any atom is -0.497 e. The van der Waals surface area contributed by atoms with Crippen molar-refractivity contribution in [3.63, 3.8) is 0 Å². The molecule has 1 aromatic heterocycles. The van der Waals surface area contributed by atoms with E-state index in [2.05, 4.69) is 5.32 Å². The first-order valence-electron chi connectivity index (χ1n) is 13.5. The molecule has 5 aromatic rings. The van der Waals surface area contributed by atoms with Crippen molar-refractivity contribution >= 4 is 39.8 Å². The summed E-state index contributed by atoms with van der Waals surface area (Å²) in [5.41, 5.74) is 2.67. The van der Waals surface area contributed by atoms with Crippen LogP contribution in [0.4, 0.5) is 5.69 Å². The number of nitriles is 1. The number of hydrogen-bond acceptors (Lipinski definition) is 7. The van der Waals surface area contributed by atoms with Crippen LogP contribution in [-0.4, -0.2) is 24.2 Å². The lowest BCUT2D eigenvalue weighted by Gasteiger charge is -2.25. The zero-order chi connectivity index (χ0) is 29.9. The second-order valence-corrected chi connectivity index (χ2v) is 10.8. The number of anilines is 1. The van der Waals surface area contributed by atoms with E-state index in [9.17, 15) is 9.59 Å². The van der Waals surface area contributed by atoms with Crippen LogP contribution in [-0.2, 0) is 4.79 Å². The summed E-state index contributed by atoms with van der Waals surface area (Å²) >= 11 is 1.24. The summed E-state index contributed by atoms with van der Waals surface area (Å²) in [5.74, 6) is 0.814. The number of nitrogens with one attached hydrogen (secondary N) is 1. The first kappa shape index (κ1) is 27.7. The lowest BCUT2D eigenvalue weighted by Crippen LogP contribution is -2.40. The van der Waals surface area contributed by atoms with Gasteiger partial charge in [-0.1, -0.05) is 72.0 Å². The van der Waals surface area contributed by atoms with Gasteiger partial charge < -0.3 is 14.8 Å². The number of methoxy groups -OCH3 is 1. The molecule has 1 aliphatic heterocycles. The first-order chi connectivity index (χ1) is 21.0. The average molecular weight is 587 g/mol. The summed E-state index contributed by atoms with van der Waals surface area (Å²) in [6, 6.07) is 29.3. The molecule has 0 saturated carbocycles. The van der Waals surface area contributed by atoms with Gasteiger partial charge in [-0.05, 0) is 59.7 Å². The maximum Gasteiger partial charge on any atom is 0.271 e. The molecule has 8 nitrogen and oxygen atoms in total. The van der Waals surface area contributed by atoms with Gasteiger partial charge in [0.2, 0.25) is 0 Å². The van der Waals surface area contributed by atoms with Crippen molar-refractivity contribution in [2.75, 3.05) is 19.0 Å². The number of nitrogens with zero attached hydrogens (tertiary/aromatic N) is 3. The standard InChI is InChI=1S/C34H26N4O4S/c1-21-30(32(39)37-24-9-4-3-5-10-24)31(23-12-15-25(41-2)16-13-23)38-33(40)29(43-34(38)36-21)20-27-26-11-7-6-8-22(26)14-17-28(27)42-19-18-35/h3-17,20,31H,19H2,1-2H3,(H,37,39)/b29-20+/t31-/m1/s1. The largest absolute Gasteiger partial charge is 0.497 e. The third-order valence-electron chi connectivity index (χ3n) is 7.23. The topological polar surface area (TPSA) is 106 Å². The molecule has 1 atom stereocenters. The van der Waals surface area contributed by atoms with Crippen LogP contribution >= 0.6 is 11.3 Å². The fraction of sp³-hybridized carbons (Fsp3) is 0.118. The Labute approximate surface area is 251 Å². The van der Waals surface area contributed by atoms with Crippen molar-refractivity contribution in [3.8, 4) is 17.6 Å². The monoisotopic (exact) mass is 586 g/mol. The van der Waals surface area contributed by atoms with Crippen molar-refractivity contribution < 1.29 is 14.3 Å². The Bertz CT molecular complexity index is 2110. The van der Waals surface area contributed by atoms with E-state index < -0.39 is 6.04 Å². The van der Waals surface area contributed by atoms with Crippen LogP contribution in [0, 0.1) is 11.3 Å². The number of thiazole rings is 1. The highest BCUT2D eigenvalue weighted by atomic mass is 32.1. The maximum atomic E-state index is 14.2. The van der Waals surface area contributed by atoms with Gasteiger partial charge in [-0.15, -0.1) is 0 Å². The molecule has 4 aromatic carbocycles. The number of fused-ring (bicyclic) bond motifs is 2. The lowest BCUT2D eigenvalue weighted by atomic mass is 9.95. The summed E-state index contributed by atoms with van der Waals surface area (Å²) in [5, 5.41) is 14.0. The molecule has 0 aliphatic carbocycles. The van der Waals surface area contributed by atoms with Gasteiger partial charge in [0.05, 0.1) is 29.0 Å². The summed E-state index contributed by atoms with van der Waals surface area (Å²) in [7, 11) is 1.59. The van der Waals surface area contributed by atoms with E-state index in [1.165, 1.54) is 11.3 Å². The molecule has 0 radical (unpaired) electrons. The number of carbonyl (C=O) groups is 1. The van der Waals surface area contributed by atoms with Crippen LogP contribution < -0.4 is 29.7 Å². The second-order valence-electron chi connectivity index (χ2n) is 9.82. The molecule has 0 fully saturated rings. The molecule has 6 rings (SSSR count). The fourth-order valence-electron chi connectivity index (χ4n) is 5.22. The molecule has 0 saturated heterocycles. The van der Waals surface area contributed by atoms with E-state index in [1.54, 1.807) is 30.7 Å². The third-order valence-corrected chi connectivity index (χ3v) is 8.21. The van der Waals surface area contributed by atoms with E-state index >= 15 is 0 Å². The van der Waals surface area contributed by atoms with Crippen molar-refractivity contribution in [2.24, 2.45) is 4.99 Å². The van der Waals surface area contributed by atoms with Gasteiger partial charge in [0.25, 0.3) is 11.5 Å². The van der Waals surface area contributed by atoms with Gasteiger partial charge >= 0.3 is 0 Å². The Kier molecular flexibility index (Phi) is 7.60. The SMILES string of the molecule is COc1ccc([C@@H]2C(C(=O)Nc3ccccc3)=C(C)N=c3s/c(=C/c4c(OCC#N)ccc5ccccc45)c(=O)n32)cc1. The Morgan fingerprint density at radius 3 is 2.53 bits per heavy atom. The summed E-state index contributed by atoms with van der Waals surface area (Å²) in [6.07, 6.45) is 1.78. The molecular weight excluding hydrogens is 560 g/mol. The molecule has 43 heavy (non-hydrogen) atoms. The van der Waals surface area contributed by atoms with Gasteiger partial charge in [0, 0.05) is 11.3 Å². The number of para-hydroxylation sites is 1. The predicted molar refractivity (Wildman–Crippen MR) is 167 cm³/mol. The number of ether oxygens (including phenoxy) is 2. The van der Waals surface area contributed by atoms with Crippen LogP contribution in [0.3, 0.4) is 0 Å². The van der Waals surface area contributed by atoms with E-state index in [0.717, 1.165) is 16.3 Å². The number of carbonyl (C=O) groups excluding carboxylic acids is 1. The van der Waals surface area contributed by atoms with Crippen LogP contribution in [0.2, 0.25) is 0 Å². The van der Waals surface area contributed by atoms with Gasteiger partial charge in [-0.2, -0.15) is 5.26 Å². The van der Waals surface area contributed by atoms with Gasteiger partial charge in [-0.3, -0.25) is 14.2 Å². The predicted octanol–water partition coefficient (Wildman–Crippen LogP) is 4.94. The number of rotatable bonds is 7. The number of benzene rings is 4. The van der Waals surface area contributed by atoms with Gasteiger partial charge in [-0.25, -0.2) is 4.99 Å². The zero-order valence-corrected chi connectivity index (χ0v) is 24.2. The van der Waals surface area contributed by atoms with Crippen molar-refractivity contribution in [1.82, 2.24) is 4.57 Å². The third kappa shape index (κ3) is 5.32. The molecular formula is C34H26N4O4S. The van der Waals surface area contributed by atoms with Crippen molar-refractivity contribution in [1.29, 1.82) is 5.26 Å². The molecule has 1 N–H and O–H groups in total. The van der Waals surface area contributed by atoms with Gasteiger partial charge in [0.15, 0.2) is 11.4 Å². The van der Waals surface area contributed by atoms with Gasteiger partial charge in [0.1, 0.15) is 17.6 Å². The fourth-order valence-corrected chi connectivity index (χ4v) is 6.25. The summed E-state index contributed by atoms with van der Waals surface area (Å²) < 4.78 is 13.1. The number of aromatic nitrogens is 1. The Morgan fingerprint density at radius 1 is 1.05 bits per heavy atom. The Balaban J connectivity index is 1.55. The maximum absolute atomic E-state index is 14.2. The van der Waals surface area contributed by atoms with E-state index in [1.807, 2.05) is 91.0 Å². The van der Waals surface area contributed by atoms with E-state index in [0.29, 0.717) is 43.4 Å². The molecule has 0 unspecified atom stereocenters. The molecule has 9 heteroatoms. The molecule has 212 valence electrons. The Hall–Kier alpha value is -5.46. The normalized spacial score (nSPS) is 14.5. The summed E-state index contributed by atoms with van der Waals surface area (Å²) in [4.78, 5) is 33.2. The first-order valence-corrected chi connectivity index (χ1v) is 14.3. The number of amides is 1. The van der Waals surface area contributed by atoms with Crippen molar-refractivity contribution in [3.05, 3.63) is 133 Å². The quantitative estimate of drug-likeness (QED) is 0.291. The molecule has 2 heterocycles. The highest BCUT2D eigenvalue weighted by molar-refractivity contribution is 7.07. The smallest absolute Gasteiger partial charge is 0.271 e. The van der Waals surface area contributed by atoms with Crippen LogP contribution in [0.25, 0.3) is 16.8 Å². The second kappa shape index (κ2) is 11.8.